The van der Waals surface area contributed by atoms with Gasteiger partial charge >= 0.3 is 0 Å². The van der Waals surface area contributed by atoms with Gasteiger partial charge in [-0.15, -0.1) is 0 Å². The Morgan fingerprint density at radius 2 is 2.12 bits per heavy atom. The van der Waals surface area contributed by atoms with Crippen LogP contribution in [0.3, 0.4) is 0 Å². The smallest absolute Gasteiger partial charge is 0.0226 e. The summed E-state index contributed by atoms with van der Waals surface area (Å²) >= 11 is 0. The highest BCUT2D eigenvalue weighted by molar-refractivity contribution is 4.96. The van der Waals surface area contributed by atoms with Crippen molar-refractivity contribution in [3.8, 4) is 0 Å². The lowest BCUT2D eigenvalue weighted by molar-refractivity contribution is 0.103. The molecule has 2 nitrogen and oxygen atoms in total. The fourth-order valence-corrected chi connectivity index (χ4v) is 4.48. The van der Waals surface area contributed by atoms with Gasteiger partial charge in [0.25, 0.3) is 0 Å². The average molecular weight is 236 g/mol. The lowest BCUT2D eigenvalue weighted by Crippen LogP contribution is -2.47. The highest BCUT2D eigenvalue weighted by Gasteiger charge is 2.40. The van der Waals surface area contributed by atoms with Crippen LogP contribution in [0.5, 0.6) is 0 Å². The molecule has 0 spiro atoms. The first kappa shape index (κ1) is 12.0. The predicted molar refractivity (Wildman–Crippen MR) is 72.1 cm³/mol. The Morgan fingerprint density at radius 3 is 2.94 bits per heavy atom. The zero-order valence-electron chi connectivity index (χ0n) is 11.5. The molecule has 17 heavy (non-hydrogen) atoms. The second kappa shape index (κ2) is 4.55. The Morgan fingerprint density at radius 1 is 1.24 bits per heavy atom. The predicted octanol–water partition coefficient (Wildman–Crippen LogP) is 2.50. The van der Waals surface area contributed by atoms with E-state index in [1.807, 2.05) is 0 Å². The van der Waals surface area contributed by atoms with Gasteiger partial charge in [-0.25, -0.2) is 0 Å². The molecule has 2 heteroatoms. The number of nitrogens with zero attached hydrogens (tertiary/aromatic N) is 1. The van der Waals surface area contributed by atoms with E-state index in [2.05, 4.69) is 24.1 Å². The zero-order chi connectivity index (χ0) is 11.9. The SMILES string of the molecule is CC1(C)CCCN(CC2NCC3CCCC32)C1. The number of nitrogens with one attached hydrogen (secondary N) is 1. The second-order valence-corrected chi connectivity index (χ2v) is 7.37. The first-order chi connectivity index (χ1) is 8.14. The fraction of sp³-hybridized carbons (Fsp3) is 1.00. The summed E-state index contributed by atoms with van der Waals surface area (Å²) in [6, 6.07) is 0.802. The van der Waals surface area contributed by atoms with E-state index >= 15 is 0 Å². The highest BCUT2D eigenvalue weighted by Crippen LogP contribution is 2.38. The molecule has 3 atom stereocenters. The average Bonchev–Trinajstić information content (AvgIpc) is 2.81. The summed E-state index contributed by atoms with van der Waals surface area (Å²) in [7, 11) is 0. The van der Waals surface area contributed by atoms with E-state index in [-0.39, 0.29) is 0 Å². The molecule has 0 bridgehead atoms. The Hall–Kier alpha value is -0.0800. The number of likely N-dealkylation sites (tertiary alicyclic amines) is 1. The first-order valence-corrected chi connectivity index (χ1v) is 7.60. The molecular formula is C15H28N2. The molecule has 0 radical (unpaired) electrons. The van der Waals surface area contributed by atoms with Crippen molar-refractivity contribution in [3.63, 3.8) is 0 Å². The number of hydrogen-bond acceptors (Lipinski definition) is 2. The minimum Gasteiger partial charge on any atom is -0.312 e. The van der Waals surface area contributed by atoms with E-state index in [1.54, 1.807) is 0 Å². The van der Waals surface area contributed by atoms with Crippen molar-refractivity contribution in [2.24, 2.45) is 17.3 Å². The maximum Gasteiger partial charge on any atom is 0.0226 e. The van der Waals surface area contributed by atoms with Gasteiger partial charge in [0.2, 0.25) is 0 Å². The maximum atomic E-state index is 3.79. The van der Waals surface area contributed by atoms with E-state index in [0.717, 1.165) is 17.9 Å². The van der Waals surface area contributed by atoms with E-state index in [9.17, 15) is 0 Å². The normalized spacial score (nSPS) is 41.6. The van der Waals surface area contributed by atoms with Gasteiger partial charge in [0.15, 0.2) is 0 Å². The monoisotopic (exact) mass is 236 g/mol. The molecule has 3 unspecified atom stereocenters. The summed E-state index contributed by atoms with van der Waals surface area (Å²) in [6.07, 6.45) is 7.26. The van der Waals surface area contributed by atoms with E-state index in [0.29, 0.717) is 5.41 Å². The number of rotatable bonds is 2. The third-order valence-corrected chi connectivity index (χ3v) is 5.31. The Labute approximate surface area is 106 Å². The third kappa shape index (κ3) is 2.53. The summed E-state index contributed by atoms with van der Waals surface area (Å²) in [4.78, 5) is 2.72. The Bertz CT molecular complexity index is 274. The quantitative estimate of drug-likeness (QED) is 0.792. The van der Waals surface area contributed by atoms with E-state index < -0.39 is 0 Å². The van der Waals surface area contributed by atoms with Crippen LogP contribution in [0.4, 0.5) is 0 Å². The molecule has 2 saturated heterocycles. The van der Waals surface area contributed by atoms with Gasteiger partial charge < -0.3 is 10.2 Å². The van der Waals surface area contributed by atoms with Crippen LogP contribution in [0.15, 0.2) is 0 Å². The summed E-state index contributed by atoms with van der Waals surface area (Å²) < 4.78 is 0. The Kier molecular flexibility index (Phi) is 3.20. The van der Waals surface area contributed by atoms with Gasteiger partial charge in [-0.1, -0.05) is 20.3 Å². The molecule has 3 rings (SSSR count). The molecule has 3 aliphatic rings. The molecule has 2 heterocycles. The molecule has 1 aliphatic carbocycles. The van der Waals surface area contributed by atoms with Crippen LogP contribution in [0.2, 0.25) is 0 Å². The van der Waals surface area contributed by atoms with Crippen LogP contribution >= 0.6 is 0 Å². The van der Waals surface area contributed by atoms with Gasteiger partial charge in [-0.2, -0.15) is 0 Å². The standard InChI is InChI=1S/C15H28N2/c1-15(2)7-4-8-17(11-15)10-14-13-6-3-5-12(13)9-16-14/h12-14,16H,3-11H2,1-2H3. The van der Waals surface area contributed by atoms with E-state index in [4.69, 9.17) is 0 Å². The highest BCUT2D eigenvalue weighted by atomic mass is 15.2. The summed E-state index contributed by atoms with van der Waals surface area (Å²) in [5, 5.41) is 3.79. The van der Waals surface area contributed by atoms with Crippen molar-refractivity contribution >= 4 is 0 Å². The molecule has 98 valence electrons. The van der Waals surface area contributed by atoms with E-state index in [1.165, 1.54) is 58.3 Å². The maximum absolute atomic E-state index is 3.79. The van der Waals surface area contributed by atoms with Crippen LogP contribution in [0.25, 0.3) is 0 Å². The van der Waals surface area contributed by atoms with Crippen LogP contribution in [0.1, 0.15) is 46.0 Å². The number of fused-ring (bicyclic) bond motifs is 1. The minimum absolute atomic E-state index is 0.548. The molecule has 0 aromatic heterocycles. The minimum atomic E-state index is 0.548. The van der Waals surface area contributed by atoms with Crippen molar-refractivity contribution in [1.82, 2.24) is 10.2 Å². The van der Waals surface area contributed by atoms with Crippen LogP contribution in [0, 0.1) is 17.3 Å². The lowest BCUT2D eigenvalue weighted by atomic mass is 9.83. The first-order valence-electron chi connectivity index (χ1n) is 7.60. The van der Waals surface area contributed by atoms with Gasteiger partial charge in [0, 0.05) is 19.1 Å². The summed E-state index contributed by atoms with van der Waals surface area (Å²) in [5.41, 5.74) is 0.548. The molecular weight excluding hydrogens is 208 g/mol. The molecule has 0 amide bonds. The fourth-order valence-electron chi connectivity index (χ4n) is 4.48. The molecule has 3 fully saturated rings. The summed E-state index contributed by atoms with van der Waals surface area (Å²) in [5.74, 6) is 2.01. The largest absolute Gasteiger partial charge is 0.312 e. The van der Waals surface area contributed by atoms with Gasteiger partial charge in [-0.3, -0.25) is 0 Å². The van der Waals surface area contributed by atoms with Crippen molar-refractivity contribution in [3.05, 3.63) is 0 Å². The van der Waals surface area contributed by atoms with Gasteiger partial charge in [0.05, 0.1) is 0 Å². The number of piperidine rings is 1. The molecule has 1 N–H and O–H groups in total. The van der Waals surface area contributed by atoms with Crippen LogP contribution in [-0.2, 0) is 0 Å². The molecule has 0 aromatic carbocycles. The summed E-state index contributed by atoms with van der Waals surface area (Å²) in [6.45, 7) is 10.1. The van der Waals surface area contributed by atoms with Gasteiger partial charge in [-0.05, 0) is 56.0 Å². The van der Waals surface area contributed by atoms with Crippen molar-refractivity contribution in [1.29, 1.82) is 0 Å². The Balaban J connectivity index is 1.56. The second-order valence-electron chi connectivity index (χ2n) is 7.37. The molecule has 0 aromatic rings. The topological polar surface area (TPSA) is 15.3 Å². The van der Waals surface area contributed by atoms with Crippen LogP contribution < -0.4 is 5.32 Å². The van der Waals surface area contributed by atoms with Crippen molar-refractivity contribution < 1.29 is 0 Å². The van der Waals surface area contributed by atoms with Gasteiger partial charge in [0.1, 0.15) is 0 Å². The van der Waals surface area contributed by atoms with Crippen LogP contribution in [-0.4, -0.2) is 37.1 Å². The number of hydrogen-bond donors (Lipinski definition) is 1. The molecule has 1 saturated carbocycles. The third-order valence-electron chi connectivity index (χ3n) is 5.31. The zero-order valence-corrected chi connectivity index (χ0v) is 11.5. The van der Waals surface area contributed by atoms with Crippen molar-refractivity contribution in [2.75, 3.05) is 26.2 Å². The molecule has 2 aliphatic heterocycles. The van der Waals surface area contributed by atoms with Crippen molar-refractivity contribution in [2.45, 2.75) is 52.0 Å². The lowest BCUT2D eigenvalue weighted by Gasteiger charge is -2.39.